The van der Waals surface area contributed by atoms with E-state index in [2.05, 4.69) is 37.7 Å². The van der Waals surface area contributed by atoms with Crippen LogP contribution >= 0.6 is 0 Å². The number of likely N-dealkylation sites (N-methyl/N-ethyl adjacent to an activating group) is 2. The Balaban J connectivity index is 3.01. The summed E-state index contributed by atoms with van der Waals surface area (Å²) in [5.74, 6) is -0.0799. The van der Waals surface area contributed by atoms with Crippen LogP contribution in [0.15, 0.2) is 18.2 Å². The minimum atomic E-state index is -0.343. The maximum atomic E-state index is 13.9. The number of ether oxygens (including phenoxy) is 1. The van der Waals surface area contributed by atoms with Gasteiger partial charge >= 0.3 is 0 Å². The third-order valence-electron chi connectivity index (χ3n) is 3.74. The van der Waals surface area contributed by atoms with Gasteiger partial charge in [0.15, 0.2) is 11.6 Å². The molecule has 0 aliphatic carbocycles. The van der Waals surface area contributed by atoms with Crippen molar-refractivity contribution in [3.8, 4) is 5.75 Å². The van der Waals surface area contributed by atoms with Crippen LogP contribution in [-0.4, -0.2) is 56.7 Å². The lowest BCUT2D eigenvalue weighted by molar-refractivity contribution is 0.130. The molecule has 2 unspecified atom stereocenters. The van der Waals surface area contributed by atoms with Crippen molar-refractivity contribution < 1.29 is 9.13 Å². The second-order valence-electron chi connectivity index (χ2n) is 5.59. The van der Waals surface area contributed by atoms with Gasteiger partial charge in [-0.2, -0.15) is 0 Å². The summed E-state index contributed by atoms with van der Waals surface area (Å²) < 4.78 is 18.9. The predicted octanol–water partition coefficient (Wildman–Crippen LogP) is 2.11. The zero-order valence-electron chi connectivity index (χ0n) is 13.8. The van der Waals surface area contributed by atoms with Crippen molar-refractivity contribution in [1.82, 2.24) is 9.80 Å². The van der Waals surface area contributed by atoms with Gasteiger partial charge in [-0.25, -0.2) is 4.39 Å². The summed E-state index contributed by atoms with van der Waals surface area (Å²) in [6.07, 6.45) is 0. The molecular weight excluding hydrogens is 269 g/mol. The van der Waals surface area contributed by atoms with Gasteiger partial charge in [0.1, 0.15) is 0 Å². The second kappa shape index (κ2) is 8.32. The van der Waals surface area contributed by atoms with Crippen molar-refractivity contribution in [3.05, 3.63) is 29.6 Å². The number of rotatable bonds is 8. The van der Waals surface area contributed by atoms with E-state index < -0.39 is 0 Å². The Kier molecular flexibility index (Phi) is 7.08. The standard InChI is InChI=1S/C16H28FN3O/c1-6-20(12(2)11-19(3)4)15(10-18)13-7-8-16(21-5)14(17)9-13/h7-9,12,15H,6,10-11,18H2,1-5H3. The minimum absolute atomic E-state index is 0.00496. The molecule has 21 heavy (non-hydrogen) atoms. The second-order valence-corrected chi connectivity index (χ2v) is 5.59. The van der Waals surface area contributed by atoms with Crippen LogP contribution in [0.25, 0.3) is 0 Å². The largest absolute Gasteiger partial charge is 0.494 e. The molecule has 0 aliphatic rings. The number of methoxy groups -OCH3 is 1. The van der Waals surface area contributed by atoms with Crippen molar-refractivity contribution in [3.63, 3.8) is 0 Å². The highest BCUT2D eigenvalue weighted by atomic mass is 19.1. The third-order valence-corrected chi connectivity index (χ3v) is 3.74. The van der Waals surface area contributed by atoms with Crippen molar-refractivity contribution >= 4 is 0 Å². The van der Waals surface area contributed by atoms with E-state index in [1.165, 1.54) is 13.2 Å². The van der Waals surface area contributed by atoms with Gasteiger partial charge in [0.05, 0.1) is 7.11 Å². The Bertz CT molecular complexity index is 440. The molecule has 1 aromatic rings. The van der Waals surface area contributed by atoms with Gasteiger partial charge in [-0.3, -0.25) is 4.90 Å². The third kappa shape index (κ3) is 4.66. The minimum Gasteiger partial charge on any atom is -0.494 e. The number of nitrogens with two attached hydrogens (primary N) is 1. The molecule has 0 spiro atoms. The maximum Gasteiger partial charge on any atom is 0.165 e. The van der Waals surface area contributed by atoms with Crippen LogP contribution in [0.4, 0.5) is 4.39 Å². The topological polar surface area (TPSA) is 41.7 Å². The van der Waals surface area contributed by atoms with Gasteiger partial charge in [0.2, 0.25) is 0 Å². The van der Waals surface area contributed by atoms with Crippen LogP contribution in [0, 0.1) is 5.82 Å². The molecule has 2 atom stereocenters. The Morgan fingerprint density at radius 3 is 2.43 bits per heavy atom. The van der Waals surface area contributed by atoms with Crippen LogP contribution < -0.4 is 10.5 Å². The normalized spacial score (nSPS) is 14.5. The zero-order chi connectivity index (χ0) is 16.0. The highest BCUT2D eigenvalue weighted by molar-refractivity contribution is 5.31. The molecule has 0 amide bonds. The van der Waals surface area contributed by atoms with Gasteiger partial charge < -0.3 is 15.4 Å². The molecule has 0 aromatic heterocycles. The molecule has 5 heteroatoms. The first-order chi connectivity index (χ1) is 9.94. The van der Waals surface area contributed by atoms with Crippen LogP contribution in [0.5, 0.6) is 5.75 Å². The van der Waals surface area contributed by atoms with E-state index in [0.717, 1.165) is 18.7 Å². The highest BCUT2D eigenvalue weighted by Gasteiger charge is 2.23. The van der Waals surface area contributed by atoms with Gasteiger partial charge in [0, 0.05) is 25.2 Å². The van der Waals surface area contributed by atoms with Crippen LogP contribution in [-0.2, 0) is 0 Å². The van der Waals surface area contributed by atoms with Gasteiger partial charge in [-0.1, -0.05) is 13.0 Å². The molecule has 0 saturated carbocycles. The summed E-state index contributed by atoms with van der Waals surface area (Å²) in [6, 6.07) is 5.43. The van der Waals surface area contributed by atoms with Crippen LogP contribution in [0.2, 0.25) is 0 Å². The van der Waals surface area contributed by atoms with E-state index in [0.29, 0.717) is 12.6 Å². The number of benzene rings is 1. The SMILES string of the molecule is CCN(C(C)CN(C)C)C(CN)c1ccc(OC)c(F)c1. The van der Waals surface area contributed by atoms with Crippen molar-refractivity contribution in [2.45, 2.75) is 25.9 Å². The summed E-state index contributed by atoms with van der Waals surface area (Å²) in [6.45, 7) is 6.53. The quantitative estimate of drug-likeness (QED) is 0.798. The summed E-state index contributed by atoms with van der Waals surface area (Å²) in [7, 11) is 5.57. The van der Waals surface area contributed by atoms with E-state index in [1.807, 2.05) is 6.07 Å². The Hall–Kier alpha value is -1.17. The summed E-state index contributed by atoms with van der Waals surface area (Å²) >= 11 is 0. The zero-order valence-corrected chi connectivity index (χ0v) is 13.8. The van der Waals surface area contributed by atoms with Crippen molar-refractivity contribution in [1.29, 1.82) is 0 Å². The van der Waals surface area contributed by atoms with Gasteiger partial charge in [-0.15, -0.1) is 0 Å². The molecule has 120 valence electrons. The Morgan fingerprint density at radius 2 is 2.00 bits per heavy atom. The van der Waals surface area contributed by atoms with Gasteiger partial charge in [0.25, 0.3) is 0 Å². The van der Waals surface area contributed by atoms with E-state index in [9.17, 15) is 4.39 Å². The van der Waals surface area contributed by atoms with Crippen molar-refractivity contribution in [2.75, 3.05) is 40.8 Å². The Labute approximate surface area is 127 Å². The molecule has 0 bridgehead atoms. The van der Waals surface area contributed by atoms with E-state index >= 15 is 0 Å². The fourth-order valence-corrected chi connectivity index (χ4v) is 2.83. The van der Waals surface area contributed by atoms with Crippen molar-refractivity contribution in [2.24, 2.45) is 5.73 Å². The van der Waals surface area contributed by atoms with E-state index in [1.54, 1.807) is 6.07 Å². The lowest BCUT2D eigenvalue weighted by atomic mass is 10.0. The number of hydrogen-bond donors (Lipinski definition) is 1. The summed E-state index contributed by atoms with van der Waals surface area (Å²) in [4.78, 5) is 4.46. The Morgan fingerprint density at radius 1 is 1.33 bits per heavy atom. The van der Waals surface area contributed by atoms with Crippen LogP contribution in [0.3, 0.4) is 0 Å². The average molecular weight is 297 g/mol. The first-order valence-corrected chi connectivity index (χ1v) is 7.38. The summed E-state index contributed by atoms with van der Waals surface area (Å²) in [5, 5.41) is 0. The van der Waals surface area contributed by atoms with E-state index in [-0.39, 0.29) is 17.6 Å². The number of hydrogen-bond acceptors (Lipinski definition) is 4. The molecule has 1 aromatic carbocycles. The molecule has 2 N–H and O–H groups in total. The van der Waals surface area contributed by atoms with Crippen LogP contribution in [0.1, 0.15) is 25.5 Å². The fourth-order valence-electron chi connectivity index (χ4n) is 2.83. The average Bonchev–Trinajstić information content (AvgIpc) is 2.43. The fraction of sp³-hybridized carbons (Fsp3) is 0.625. The summed E-state index contributed by atoms with van der Waals surface area (Å²) in [5.41, 5.74) is 6.85. The molecule has 1 rings (SSSR count). The molecule has 0 fully saturated rings. The lowest BCUT2D eigenvalue weighted by Crippen LogP contribution is -2.44. The predicted molar refractivity (Wildman–Crippen MR) is 85.1 cm³/mol. The molecule has 0 heterocycles. The number of nitrogens with zero attached hydrogens (tertiary/aromatic N) is 2. The molecule has 0 saturated heterocycles. The number of halogens is 1. The lowest BCUT2D eigenvalue weighted by Gasteiger charge is -2.36. The highest BCUT2D eigenvalue weighted by Crippen LogP contribution is 2.26. The molecule has 4 nitrogen and oxygen atoms in total. The molecular formula is C16H28FN3O. The maximum absolute atomic E-state index is 13.9. The van der Waals surface area contributed by atoms with E-state index in [4.69, 9.17) is 10.5 Å². The smallest absolute Gasteiger partial charge is 0.165 e. The monoisotopic (exact) mass is 297 g/mol. The first-order valence-electron chi connectivity index (χ1n) is 7.38. The van der Waals surface area contributed by atoms with Gasteiger partial charge in [-0.05, 0) is 45.3 Å². The first kappa shape index (κ1) is 17.9. The molecule has 0 aliphatic heterocycles. The molecule has 0 radical (unpaired) electrons.